The average Bonchev–Trinajstić information content (AvgIpc) is 3.05. The van der Waals surface area contributed by atoms with Gasteiger partial charge in [-0.15, -0.1) is 0 Å². The van der Waals surface area contributed by atoms with Crippen molar-refractivity contribution < 1.29 is 19.0 Å². The molecule has 6 nitrogen and oxygen atoms in total. The zero-order valence-corrected chi connectivity index (χ0v) is 17.4. The van der Waals surface area contributed by atoms with Gasteiger partial charge in [0.15, 0.2) is 5.75 Å². The van der Waals surface area contributed by atoms with Gasteiger partial charge < -0.3 is 19.9 Å². The second-order valence-electron chi connectivity index (χ2n) is 6.75. The van der Waals surface area contributed by atoms with Crippen LogP contribution in [0.25, 0.3) is 0 Å². The van der Waals surface area contributed by atoms with Gasteiger partial charge in [0.05, 0.1) is 29.4 Å². The molecule has 1 aliphatic rings. The summed E-state index contributed by atoms with van der Waals surface area (Å²) in [5, 5.41) is 0.571. The van der Waals surface area contributed by atoms with Crippen LogP contribution in [0.15, 0.2) is 30.3 Å². The van der Waals surface area contributed by atoms with Gasteiger partial charge in [-0.05, 0) is 36.2 Å². The lowest BCUT2D eigenvalue weighted by Gasteiger charge is -2.18. The summed E-state index contributed by atoms with van der Waals surface area (Å²) in [5.74, 6) is 1.94. The Morgan fingerprint density at radius 2 is 1.93 bits per heavy atom. The van der Waals surface area contributed by atoms with Gasteiger partial charge in [-0.3, -0.25) is 4.90 Å². The molecule has 1 amide bonds. The van der Waals surface area contributed by atoms with Gasteiger partial charge in [0, 0.05) is 12.1 Å². The smallest absolute Gasteiger partial charge is 0.414 e. The van der Waals surface area contributed by atoms with Crippen LogP contribution in [0.1, 0.15) is 25.3 Å². The first-order valence-electron chi connectivity index (χ1n) is 8.87. The molecule has 1 aliphatic heterocycles. The topological polar surface area (TPSA) is 74.0 Å². The normalized spacial score (nSPS) is 16.5. The molecule has 0 aromatic heterocycles. The van der Waals surface area contributed by atoms with Crippen molar-refractivity contribution in [1.82, 2.24) is 0 Å². The number of nitrogens with two attached hydrogens (primary N) is 1. The van der Waals surface area contributed by atoms with Crippen LogP contribution in [0.3, 0.4) is 0 Å². The van der Waals surface area contributed by atoms with E-state index < -0.39 is 6.09 Å². The summed E-state index contributed by atoms with van der Waals surface area (Å²) in [6.07, 6.45) is -0.831. The van der Waals surface area contributed by atoms with Crippen LogP contribution in [0.5, 0.6) is 17.2 Å². The Morgan fingerprint density at radius 1 is 1.25 bits per heavy atom. The van der Waals surface area contributed by atoms with Crippen molar-refractivity contribution in [3.63, 3.8) is 0 Å². The largest absolute Gasteiger partial charge is 0.496 e. The lowest BCUT2D eigenvalue weighted by molar-refractivity contribution is 0.145. The van der Waals surface area contributed by atoms with Crippen LogP contribution >= 0.6 is 23.2 Å². The summed E-state index contributed by atoms with van der Waals surface area (Å²) in [7, 11) is 1.63. The fourth-order valence-electron chi connectivity index (χ4n) is 3.00. The van der Waals surface area contributed by atoms with Crippen molar-refractivity contribution in [3.05, 3.63) is 45.9 Å². The van der Waals surface area contributed by atoms with E-state index in [-0.39, 0.29) is 28.6 Å². The molecule has 1 unspecified atom stereocenters. The van der Waals surface area contributed by atoms with Crippen molar-refractivity contribution in [2.75, 3.05) is 25.1 Å². The average molecular weight is 425 g/mol. The summed E-state index contributed by atoms with van der Waals surface area (Å²) in [6, 6.07) is 8.77. The molecule has 0 saturated carbocycles. The molecule has 0 radical (unpaired) electrons. The number of amides is 1. The minimum absolute atomic E-state index is 0.251. The van der Waals surface area contributed by atoms with E-state index in [0.29, 0.717) is 23.7 Å². The first kappa shape index (κ1) is 20.6. The molecule has 3 rings (SSSR count). The van der Waals surface area contributed by atoms with E-state index in [9.17, 15) is 4.79 Å². The Balaban J connectivity index is 1.88. The van der Waals surface area contributed by atoms with Crippen molar-refractivity contribution in [1.29, 1.82) is 0 Å². The van der Waals surface area contributed by atoms with Crippen LogP contribution in [0.4, 0.5) is 10.5 Å². The fraction of sp³-hybridized carbons (Fsp3) is 0.350. The van der Waals surface area contributed by atoms with E-state index >= 15 is 0 Å². The minimum atomic E-state index is -0.479. The summed E-state index contributed by atoms with van der Waals surface area (Å²) < 4.78 is 16.5. The zero-order chi connectivity index (χ0) is 20.4. The third-order valence-electron chi connectivity index (χ3n) is 4.47. The number of benzene rings is 2. The molecule has 2 N–H and O–H groups in total. The highest BCUT2D eigenvalue weighted by molar-refractivity contribution is 6.37. The molecule has 2 aromatic carbocycles. The third kappa shape index (κ3) is 4.14. The number of nitrogens with zero attached hydrogens (tertiary/aromatic N) is 1. The van der Waals surface area contributed by atoms with Crippen LogP contribution in [0.2, 0.25) is 10.0 Å². The molecule has 1 heterocycles. The second kappa shape index (κ2) is 8.47. The number of carbonyl (C=O) groups is 1. The maximum atomic E-state index is 12.0. The molecule has 1 atom stereocenters. The molecule has 1 fully saturated rings. The van der Waals surface area contributed by atoms with E-state index in [0.717, 1.165) is 11.3 Å². The number of ether oxygens (including phenoxy) is 3. The second-order valence-corrected chi connectivity index (χ2v) is 7.57. The molecule has 0 spiro atoms. The monoisotopic (exact) mass is 424 g/mol. The van der Waals surface area contributed by atoms with E-state index in [1.165, 1.54) is 4.90 Å². The number of methoxy groups -OCH3 is 1. The highest BCUT2D eigenvalue weighted by Gasteiger charge is 2.32. The van der Waals surface area contributed by atoms with E-state index in [1.54, 1.807) is 25.3 Å². The molecule has 1 saturated heterocycles. The van der Waals surface area contributed by atoms with Gasteiger partial charge in [-0.1, -0.05) is 37.0 Å². The number of halogens is 2. The number of anilines is 1. The number of hydrogen-bond acceptors (Lipinski definition) is 5. The molecule has 2 aromatic rings. The lowest BCUT2D eigenvalue weighted by atomic mass is 10.0. The zero-order valence-electron chi connectivity index (χ0n) is 15.9. The van der Waals surface area contributed by atoms with Gasteiger partial charge in [0.1, 0.15) is 17.6 Å². The van der Waals surface area contributed by atoms with Gasteiger partial charge in [-0.25, -0.2) is 4.79 Å². The third-order valence-corrected chi connectivity index (χ3v) is 5.04. The quantitative estimate of drug-likeness (QED) is 0.689. The minimum Gasteiger partial charge on any atom is -0.496 e. The van der Waals surface area contributed by atoms with Crippen molar-refractivity contribution in [2.45, 2.75) is 25.9 Å². The molecule has 8 heteroatoms. The van der Waals surface area contributed by atoms with Crippen molar-refractivity contribution in [3.8, 4) is 17.2 Å². The van der Waals surface area contributed by atoms with Crippen LogP contribution in [-0.2, 0) is 4.74 Å². The van der Waals surface area contributed by atoms with E-state index in [4.69, 9.17) is 43.1 Å². The lowest BCUT2D eigenvalue weighted by Crippen LogP contribution is -2.27. The molecular formula is C20H22Cl2N2O4. The Labute approximate surface area is 174 Å². The van der Waals surface area contributed by atoms with E-state index in [2.05, 4.69) is 13.8 Å². The van der Waals surface area contributed by atoms with Crippen LogP contribution in [-0.4, -0.2) is 32.4 Å². The van der Waals surface area contributed by atoms with Crippen molar-refractivity contribution >= 4 is 35.0 Å². The predicted octanol–water partition coefficient (Wildman–Crippen LogP) is 5.20. The number of hydrogen-bond donors (Lipinski definition) is 1. The summed E-state index contributed by atoms with van der Waals surface area (Å²) in [5.41, 5.74) is 7.11. The highest BCUT2D eigenvalue weighted by atomic mass is 35.5. The molecule has 0 aliphatic carbocycles. The highest BCUT2D eigenvalue weighted by Crippen LogP contribution is 2.41. The van der Waals surface area contributed by atoms with Gasteiger partial charge in [-0.2, -0.15) is 0 Å². The summed E-state index contributed by atoms with van der Waals surface area (Å²) in [4.78, 5) is 13.5. The SMILES string of the molecule is COc1ccc(Oc2c(Cl)cc(N3CC(CN)OC3=O)cc2Cl)cc1C(C)C. The van der Waals surface area contributed by atoms with Gasteiger partial charge in [0.25, 0.3) is 0 Å². The molecule has 0 bridgehead atoms. The van der Waals surface area contributed by atoms with Crippen LogP contribution < -0.4 is 20.1 Å². The maximum absolute atomic E-state index is 12.0. The first-order valence-corrected chi connectivity index (χ1v) is 9.62. The number of rotatable bonds is 6. The van der Waals surface area contributed by atoms with Crippen molar-refractivity contribution in [2.24, 2.45) is 5.73 Å². The predicted molar refractivity (Wildman–Crippen MR) is 110 cm³/mol. The Bertz CT molecular complexity index is 865. The Kier molecular flexibility index (Phi) is 6.23. The Morgan fingerprint density at radius 3 is 2.46 bits per heavy atom. The number of carbonyl (C=O) groups excluding carboxylic acids is 1. The standard InChI is InChI=1S/C20H22Cl2N2O4/c1-11(2)15-8-13(4-5-18(15)26-3)27-19-16(21)6-12(7-17(19)22)24-10-14(9-23)28-20(24)25/h4-8,11,14H,9-10,23H2,1-3H3. The summed E-state index contributed by atoms with van der Waals surface area (Å²) >= 11 is 12.8. The van der Waals surface area contributed by atoms with Gasteiger partial charge >= 0.3 is 6.09 Å². The Hall–Kier alpha value is -2.15. The van der Waals surface area contributed by atoms with Crippen LogP contribution in [0, 0.1) is 0 Å². The maximum Gasteiger partial charge on any atom is 0.414 e. The van der Waals surface area contributed by atoms with E-state index in [1.807, 2.05) is 12.1 Å². The first-order chi connectivity index (χ1) is 13.3. The molecular weight excluding hydrogens is 403 g/mol. The molecule has 150 valence electrons. The molecule has 28 heavy (non-hydrogen) atoms. The fourth-order valence-corrected chi connectivity index (χ4v) is 3.55. The summed E-state index contributed by atoms with van der Waals surface area (Å²) in [6.45, 7) is 4.74. The van der Waals surface area contributed by atoms with Gasteiger partial charge in [0.2, 0.25) is 0 Å². The number of cyclic esters (lactones) is 1.